The van der Waals surface area contributed by atoms with E-state index in [2.05, 4.69) is 6.92 Å². The van der Waals surface area contributed by atoms with Crippen molar-refractivity contribution in [2.75, 3.05) is 0 Å². The van der Waals surface area contributed by atoms with Crippen LogP contribution in [0.3, 0.4) is 0 Å². The number of ether oxygens (including phenoxy) is 1. The maximum atomic E-state index is 12.1. The third-order valence-electron chi connectivity index (χ3n) is 7.43. The topological polar surface area (TPSA) is 107 Å². The average molecular weight is 387 g/mol. The van der Waals surface area contributed by atoms with Gasteiger partial charge in [-0.25, -0.2) is 0 Å². The number of aliphatic hydroxyl groups is 1. The number of hydrogen-bond acceptors (Lipinski definition) is 6. The highest BCUT2D eigenvalue weighted by Gasteiger charge is 2.59. The molecule has 0 saturated heterocycles. The number of carbonyl (C=O) groups is 2. The zero-order valence-corrected chi connectivity index (χ0v) is 16.1. The van der Waals surface area contributed by atoms with Crippen LogP contribution < -0.4 is 5.11 Å². The van der Waals surface area contributed by atoms with E-state index in [4.69, 9.17) is 4.74 Å². The van der Waals surface area contributed by atoms with Crippen molar-refractivity contribution in [2.45, 2.75) is 70.0 Å². The molecule has 6 heteroatoms. The number of carboxylic acid groups (broad SMARTS) is 1. The number of rotatable bonds is 4. The van der Waals surface area contributed by atoms with Crippen LogP contribution in [0, 0.1) is 17.3 Å². The summed E-state index contributed by atoms with van der Waals surface area (Å²) in [7, 11) is 0. The van der Waals surface area contributed by atoms with Gasteiger partial charge in [0.2, 0.25) is 0 Å². The molecule has 6 nitrogen and oxygen atoms in total. The SMILES string of the molecule is C[C@]12CC[C@@H]3c4ccc(O)cc4CC[C@H]3[C@@H]1C[C@@H](O)[C@@H]2OC(=O)CCC(=O)[O-]. The third kappa shape index (κ3) is 3.17. The lowest BCUT2D eigenvalue weighted by molar-refractivity contribution is -0.305. The zero-order valence-electron chi connectivity index (χ0n) is 16.1. The van der Waals surface area contributed by atoms with Crippen LogP contribution in [0.2, 0.25) is 0 Å². The molecule has 4 rings (SSSR count). The molecule has 0 unspecified atom stereocenters. The molecule has 3 aliphatic carbocycles. The van der Waals surface area contributed by atoms with Crippen LogP contribution >= 0.6 is 0 Å². The highest BCUT2D eigenvalue weighted by Crippen LogP contribution is 2.61. The van der Waals surface area contributed by atoms with Gasteiger partial charge in [-0.2, -0.15) is 0 Å². The van der Waals surface area contributed by atoms with Crippen molar-refractivity contribution in [3.63, 3.8) is 0 Å². The summed E-state index contributed by atoms with van der Waals surface area (Å²) < 4.78 is 5.60. The van der Waals surface area contributed by atoms with Gasteiger partial charge in [0.05, 0.1) is 12.5 Å². The van der Waals surface area contributed by atoms with Crippen LogP contribution in [0.15, 0.2) is 18.2 Å². The van der Waals surface area contributed by atoms with Crippen LogP contribution in [-0.4, -0.2) is 34.4 Å². The van der Waals surface area contributed by atoms with Gasteiger partial charge in [0, 0.05) is 11.4 Å². The van der Waals surface area contributed by atoms with Gasteiger partial charge in [-0.1, -0.05) is 13.0 Å². The van der Waals surface area contributed by atoms with Crippen molar-refractivity contribution >= 4 is 11.9 Å². The molecule has 0 bridgehead atoms. The summed E-state index contributed by atoms with van der Waals surface area (Å²) in [5, 5.41) is 31.1. The molecule has 2 saturated carbocycles. The summed E-state index contributed by atoms with van der Waals surface area (Å²) in [6.45, 7) is 2.10. The Morgan fingerprint density at radius 2 is 2.07 bits per heavy atom. The Bertz CT molecular complexity index is 789. The number of carboxylic acids is 1. The second-order valence-corrected chi connectivity index (χ2v) is 8.93. The van der Waals surface area contributed by atoms with Crippen LogP contribution in [0.25, 0.3) is 0 Å². The molecule has 0 spiro atoms. The van der Waals surface area contributed by atoms with Gasteiger partial charge in [-0.15, -0.1) is 0 Å². The quantitative estimate of drug-likeness (QED) is 0.761. The van der Waals surface area contributed by atoms with Crippen LogP contribution in [-0.2, 0) is 20.7 Å². The summed E-state index contributed by atoms with van der Waals surface area (Å²) >= 11 is 0. The fourth-order valence-electron chi connectivity index (χ4n) is 6.15. The molecular weight excluding hydrogens is 360 g/mol. The maximum Gasteiger partial charge on any atom is 0.306 e. The number of aliphatic carboxylic acids is 1. The van der Waals surface area contributed by atoms with Crippen molar-refractivity contribution in [1.82, 2.24) is 0 Å². The summed E-state index contributed by atoms with van der Waals surface area (Å²) in [4.78, 5) is 22.7. The van der Waals surface area contributed by atoms with E-state index in [-0.39, 0.29) is 24.2 Å². The molecule has 0 aromatic heterocycles. The van der Waals surface area contributed by atoms with E-state index in [9.17, 15) is 24.9 Å². The fourth-order valence-corrected chi connectivity index (χ4v) is 6.15. The standard InChI is InChI=1S/C22H28O6/c1-22-9-8-15-14-5-3-13(23)10-12(14)2-4-16(15)17(22)11-18(24)21(22)28-20(27)7-6-19(25)26/h3,5,10,15-18,21,23-24H,2,4,6-9,11H2,1H3,(H,25,26)/p-1/t15-,16-,17+,18-,21+,22+/m1/s1. The molecule has 3 aliphatic rings. The molecule has 0 heterocycles. The number of esters is 1. The second-order valence-electron chi connectivity index (χ2n) is 8.93. The van der Waals surface area contributed by atoms with Gasteiger partial charge in [0.25, 0.3) is 0 Å². The number of aromatic hydroxyl groups is 1. The number of aryl methyl sites for hydroxylation is 1. The minimum Gasteiger partial charge on any atom is -0.550 e. The van der Waals surface area contributed by atoms with E-state index in [1.807, 2.05) is 12.1 Å². The van der Waals surface area contributed by atoms with Crippen molar-refractivity contribution in [1.29, 1.82) is 0 Å². The minimum atomic E-state index is -1.28. The largest absolute Gasteiger partial charge is 0.550 e. The third-order valence-corrected chi connectivity index (χ3v) is 7.43. The Hall–Kier alpha value is -2.08. The van der Waals surface area contributed by atoms with Gasteiger partial charge in [-0.05, 0) is 79.5 Å². The summed E-state index contributed by atoms with van der Waals surface area (Å²) in [5.41, 5.74) is 2.22. The lowest BCUT2D eigenvalue weighted by atomic mass is 9.55. The van der Waals surface area contributed by atoms with Crippen LogP contribution in [0.1, 0.15) is 62.5 Å². The molecule has 0 amide bonds. The van der Waals surface area contributed by atoms with Crippen molar-refractivity contribution in [2.24, 2.45) is 17.3 Å². The van der Waals surface area contributed by atoms with E-state index in [0.29, 0.717) is 24.0 Å². The summed E-state index contributed by atoms with van der Waals surface area (Å²) in [6.07, 6.45) is 2.40. The number of aliphatic hydroxyl groups excluding tert-OH is 1. The van der Waals surface area contributed by atoms with Gasteiger partial charge < -0.3 is 24.9 Å². The molecule has 0 radical (unpaired) electrons. The number of benzene rings is 1. The monoisotopic (exact) mass is 387 g/mol. The first-order valence-corrected chi connectivity index (χ1v) is 10.2. The number of phenolic OH excluding ortho intramolecular Hbond substituents is 1. The predicted octanol–water partition coefficient (Wildman–Crippen LogP) is 1.66. The van der Waals surface area contributed by atoms with Gasteiger partial charge in [0.1, 0.15) is 11.9 Å². The van der Waals surface area contributed by atoms with Crippen molar-refractivity contribution in [3.05, 3.63) is 29.3 Å². The Morgan fingerprint density at radius 3 is 2.82 bits per heavy atom. The Morgan fingerprint density at radius 1 is 1.29 bits per heavy atom. The molecule has 1 aromatic carbocycles. The normalized spacial score (nSPS) is 36.1. The smallest absolute Gasteiger partial charge is 0.306 e. The first-order chi connectivity index (χ1) is 13.3. The molecule has 28 heavy (non-hydrogen) atoms. The van der Waals surface area contributed by atoms with E-state index in [1.165, 1.54) is 11.1 Å². The zero-order chi connectivity index (χ0) is 20.1. The molecule has 2 N–H and O–H groups in total. The second kappa shape index (κ2) is 7.07. The van der Waals surface area contributed by atoms with E-state index < -0.39 is 24.1 Å². The Kier molecular flexibility index (Phi) is 4.86. The van der Waals surface area contributed by atoms with Gasteiger partial charge >= 0.3 is 5.97 Å². The molecule has 2 fully saturated rings. The van der Waals surface area contributed by atoms with E-state index in [0.717, 1.165) is 25.7 Å². The van der Waals surface area contributed by atoms with Crippen molar-refractivity contribution in [3.8, 4) is 5.75 Å². The van der Waals surface area contributed by atoms with Crippen LogP contribution in [0.5, 0.6) is 5.75 Å². The molecule has 6 atom stereocenters. The number of hydrogen-bond donors (Lipinski definition) is 2. The first-order valence-electron chi connectivity index (χ1n) is 10.2. The lowest BCUT2D eigenvalue weighted by Gasteiger charge is -2.50. The summed E-state index contributed by atoms with van der Waals surface area (Å²) in [5.74, 6) is -0.485. The Labute approximate surface area is 164 Å². The van der Waals surface area contributed by atoms with E-state index >= 15 is 0 Å². The first kappa shape index (κ1) is 19.2. The lowest BCUT2D eigenvalue weighted by Crippen LogP contribution is -2.46. The van der Waals surface area contributed by atoms with E-state index in [1.54, 1.807) is 6.07 Å². The van der Waals surface area contributed by atoms with Crippen molar-refractivity contribution < 1.29 is 29.6 Å². The molecule has 152 valence electrons. The summed E-state index contributed by atoms with van der Waals surface area (Å²) in [6, 6.07) is 5.65. The molecule has 0 aliphatic heterocycles. The number of carbonyl (C=O) groups excluding carboxylic acids is 2. The highest BCUT2D eigenvalue weighted by atomic mass is 16.6. The molecular formula is C22H27O6-. The Balaban J connectivity index is 1.53. The molecule has 1 aromatic rings. The number of phenols is 1. The maximum absolute atomic E-state index is 12.1. The minimum absolute atomic E-state index is 0.227. The van der Waals surface area contributed by atoms with Crippen LogP contribution in [0.4, 0.5) is 0 Å². The highest BCUT2D eigenvalue weighted by molar-refractivity contribution is 5.75. The fraction of sp³-hybridized carbons (Fsp3) is 0.636. The predicted molar refractivity (Wildman–Crippen MR) is 98.2 cm³/mol. The number of fused-ring (bicyclic) bond motifs is 5. The van der Waals surface area contributed by atoms with Gasteiger partial charge in [0.15, 0.2) is 0 Å². The van der Waals surface area contributed by atoms with Gasteiger partial charge in [-0.3, -0.25) is 4.79 Å². The average Bonchev–Trinajstić information content (AvgIpc) is 2.90.